The van der Waals surface area contributed by atoms with E-state index in [2.05, 4.69) is 38.8 Å². The third-order valence-corrected chi connectivity index (χ3v) is 12.8. The fraction of sp³-hybridized carbons (Fsp3) is 0.782. The largest absolute Gasteiger partial charge is 0.353 e. The summed E-state index contributed by atoms with van der Waals surface area (Å²) >= 11 is 0. The Morgan fingerprint density at radius 3 is 1.04 bits per heavy atom. The van der Waals surface area contributed by atoms with Crippen molar-refractivity contribution in [1.82, 2.24) is 51.5 Å². The maximum Gasteiger partial charge on any atom is 0.240 e. The summed E-state index contributed by atoms with van der Waals surface area (Å²) in [5.74, 6) is -5.84. The summed E-state index contributed by atoms with van der Waals surface area (Å²) in [6.07, 6.45) is 7.62. The number of nitrogens with two attached hydrogens (primary N) is 5. The SMILES string of the molecule is CCCCC[C@@H](N)C(=O)N[C@H](CCCCN)C(=O)CC(=O)[C@H](CCCCN)NC(=O)CN(CCNC(=O)CN(CCNC(=O)CN(CCNC(=O)CN(CCNC(=O)[C@H](C)N)C(=O)CC)C(=O)CC)C(=O)CC)C(=O)CC.CCCCN. The van der Waals surface area contributed by atoms with E-state index in [-0.39, 0.29) is 116 Å². The molecule has 27 heteroatoms. The minimum atomic E-state index is -1.10. The van der Waals surface area contributed by atoms with Crippen molar-refractivity contribution in [3.05, 3.63) is 0 Å². The van der Waals surface area contributed by atoms with E-state index in [1.54, 1.807) is 27.7 Å². The Kier molecular flexibility index (Phi) is 46.0. The van der Waals surface area contributed by atoms with Gasteiger partial charge in [0.05, 0.1) is 56.8 Å². The zero-order chi connectivity index (χ0) is 62.4. The molecule has 0 unspecified atom stereocenters. The molecule has 0 heterocycles. The lowest BCUT2D eigenvalue weighted by Gasteiger charge is -2.25. The van der Waals surface area contributed by atoms with Gasteiger partial charge in [0, 0.05) is 78.0 Å². The highest BCUT2D eigenvalue weighted by Gasteiger charge is 2.30. The molecule has 82 heavy (non-hydrogen) atoms. The summed E-state index contributed by atoms with van der Waals surface area (Å²) in [5, 5.41) is 15.9. The Hall–Kier alpha value is -6.16. The van der Waals surface area contributed by atoms with Gasteiger partial charge in [-0.05, 0) is 77.9 Å². The Morgan fingerprint density at radius 1 is 0.390 bits per heavy atom. The zero-order valence-corrected chi connectivity index (χ0v) is 50.5. The summed E-state index contributed by atoms with van der Waals surface area (Å²) in [6, 6.07) is -3.64. The van der Waals surface area contributed by atoms with E-state index in [9.17, 15) is 57.5 Å². The lowest BCUT2D eigenvalue weighted by atomic mass is 9.95. The van der Waals surface area contributed by atoms with Crippen molar-refractivity contribution in [2.75, 3.05) is 98.2 Å². The summed E-state index contributed by atoms with van der Waals surface area (Å²) in [6.45, 7) is 11.9. The lowest BCUT2D eigenvalue weighted by Crippen LogP contribution is -2.51. The quantitative estimate of drug-likeness (QED) is 0.0236. The van der Waals surface area contributed by atoms with Crippen LogP contribution in [0.15, 0.2) is 0 Å². The molecule has 472 valence electrons. The summed E-state index contributed by atoms with van der Waals surface area (Å²) in [5.41, 5.74) is 28.1. The molecular weight excluding hydrogens is 1060 g/mol. The van der Waals surface area contributed by atoms with Gasteiger partial charge in [0.2, 0.25) is 59.1 Å². The van der Waals surface area contributed by atoms with Crippen LogP contribution in [-0.2, 0) is 57.5 Å². The Morgan fingerprint density at radius 2 is 0.720 bits per heavy atom. The number of hydrogen-bond acceptors (Lipinski definition) is 17. The van der Waals surface area contributed by atoms with E-state index in [0.29, 0.717) is 45.2 Å². The second-order valence-electron chi connectivity index (χ2n) is 19.9. The number of nitrogens with one attached hydrogen (secondary N) is 6. The van der Waals surface area contributed by atoms with Crippen LogP contribution in [-0.4, -0.2) is 213 Å². The third kappa shape index (κ3) is 37.0. The van der Waals surface area contributed by atoms with Crippen molar-refractivity contribution in [2.45, 2.75) is 182 Å². The standard InChI is InChI=1S/C51H94N14O12.C4H11N/c1-7-12-13-18-37(55)51(77)61-39(20-15-17-22-53)41(67)31-40(66)38(19-14-16-21-52)60-45(71)35-65(49(75)11-5)29-25-58-43(69)33-63(47(73)9-3)27-23-56-42(68)32-62(46(72)8-2)28-24-57-44(70)34-64(48(74)10-4)30-26-59-50(76)36(6)54;1-2-3-4-5/h36-39H,7-35,52-55H2,1-6H3,(H,56,68)(H,57,70)(H,58,69)(H,59,76)(H,60,71)(H,61,77);2-5H2,1H3/t36-,37+,38-,39+;/m0./s1. The molecule has 0 rings (SSSR count). The van der Waals surface area contributed by atoms with Gasteiger partial charge < -0.3 is 80.2 Å². The molecule has 0 bridgehead atoms. The van der Waals surface area contributed by atoms with Crippen LogP contribution in [0, 0.1) is 0 Å². The van der Waals surface area contributed by atoms with Gasteiger partial charge in [-0.15, -0.1) is 0 Å². The molecule has 0 aromatic heterocycles. The van der Waals surface area contributed by atoms with Gasteiger partial charge in [-0.3, -0.25) is 57.5 Å². The summed E-state index contributed by atoms with van der Waals surface area (Å²) in [7, 11) is 0. The molecular formula is C55H105N15O12. The van der Waals surface area contributed by atoms with Gasteiger partial charge >= 0.3 is 0 Å². The summed E-state index contributed by atoms with van der Waals surface area (Å²) in [4.78, 5) is 160. The number of hydrogen-bond donors (Lipinski definition) is 11. The maximum absolute atomic E-state index is 13.7. The van der Waals surface area contributed by atoms with Crippen LogP contribution in [0.2, 0.25) is 0 Å². The smallest absolute Gasteiger partial charge is 0.240 e. The molecule has 10 amide bonds. The van der Waals surface area contributed by atoms with E-state index >= 15 is 0 Å². The topological polar surface area (TPSA) is 420 Å². The predicted molar refractivity (Wildman–Crippen MR) is 314 cm³/mol. The highest BCUT2D eigenvalue weighted by Crippen LogP contribution is 2.11. The monoisotopic (exact) mass is 1170 g/mol. The van der Waals surface area contributed by atoms with Gasteiger partial charge in [-0.25, -0.2) is 0 Å². The number of carbonyl (C=O) groups is 12. The van der Waals surface area contributed by atoms with Crippen LogP contribution in [0.5, 0.6) is 0 Å². The lowest BCUT2D eigenvalue weighted by molar-refractivity contribution is -0.137. The number of amides is 10. The van der Waals surface area contributed by atoms with Crippen LogP contribution in [0.3, 0.4) is 0 Å². The van der Waals surface area contributed by atoms with Crippen molar-refractivity contribution in [3.63, 3.8) is 0 Å². The molecule has 0 radical (unpaired) electrons. The molecule has 4 atom stereocenters. The average Bonchev–Trinajstić information content (AvgIpc) is 3.45. The Bertz CT molecular complexity index is 1940. The predicted octanol–water partition coefficient (Wildman–Crippen LogP) is -1.84. The molecule has 0 spiro atoms. The highest BCUT2D eigenvalue weighted by atomic mass is 16.2. The first-order chi connectivity index (χ1) is 39.0. The number of Topliss-reactive ketones (excluding diaryl/α,β-unsaturated/α-hetero) is 2. The molecule has 0 aliphatic heterocycles. The number of carbonyl (C=O) groups excluding carboxylic acids is 12. The third-order valence-electron chi connectivity index (χ3n) is 12.8. The maximum atomic E-state index is 13.7. The van der Waals surface area contributed by atoms with Gasteiger partial charge in [-0.1, -0.05) is 67.2 Å². The molecule has 0 saturated carbocycles. The molecule has 0 aromatic rings. The van der Waals surface area contributed by atoms with E-state index in [1.807, 2.05) is 6.92 Å². The highest BCUT2D eigenvalue weighted by molar-refractivity contribution is 6.05. The molecule has 0 fully saturated rings. The van der Waals surface area contributed by atoms with Crippen LogP contribution in [0.1, 0.15) is 158 Å². The number of nitrogens with zero attached hydrogens (tertiary/aromatic N) is 4. The van der Waals surface area contributed by atoms with E-state index < -0.39 is 103 Å². The van der Waals surface area contributed by atoms with Crippen LogP contribution in [0.25, 0.3) is 0 Å². The van der Waals surface area contributed by atoms with Gasteiger partial charge in [-0.2, -0.15) is 0 Å². The zero-order valence-electron chi connectivity index (χ0n) is 50.5. The Balaban J connectivity index is 0. The fourth-order valence-corrected chi connectivity index (χ4v) is 7.89. The normalized spacial score (nSPS) is 12.1. The molecule has 0 aromatic carbocycles. The van der Waals surface area contributed by atoms with E-state index in [0.717, 1.165) is 25.8 Å². The Labute approximate surface area is 486 Å². The van der Waals surface area contributed by atoms with Crippen molar-refractivity contribution in [3.8, 4) is 0 Å². The first kappa shape index (κ1) is 77.9. The minimum absolute atomic E-state index is 0.0145. The first-order valence-corrected chi connectivity index (χ1v) is 29.5. The minimum Gasteiger partial charge on any atom is -0.353 e. The van der Waals surface area contributed by atoms with Crippen molar-refractivity contribution < 1.29 is 57.5 Å². The number of rotatable bonds is 46. The number of ketones is 2. The van der Waals surface area contributed by atoms with Gasteiger partial charge in [0.1, 0.15) is 0 Å². The molecule has 0 aliphatic rings. The molecule has 0 aliphatic carbocycles. The van der Waals surface area contributed by atoms with Gasteiger partial charge in [0.25, 0.3) is 0 Å². The fourth-order valence-electron chi connectivity index (χ4n) is 7.89. The average molecular weight is 1170 g/mol. The molecule has 16 N–H and O–H groups in total. The first-order valence-electron chi connectivity index (χ1n) is 29.5. The second kappa shape index (κ2) is 48.4. The summed E-state index contributed by atoms with van der Waals surface area (Å²) < 4.78 is 0. The van der Waals surface area contributed by atoms with Crippen LogP contribution >= 0.6 is 0 Å². The van der Waals surface area contributed by atoms with Crippen molar-refractivity contribution in [1.29, 1.82) is 0 Å². The number of unbranched alkanes of at least 4 members (excludes halogenated alkanes) is 5. The van der Waals surface area contributed by atoms with Crippen LogP contribution in [0.4, 0.5) is 0 Å². The molecule has 27 nitrogen and oxygen atoms in total. The van der Waals surface area contributed by atoms with Crippen molar-refractivity contribution in [2.24, 2.45) is 28.7 Å². The van der Waals surface area contributed by atoms with Gasteiger partial charge in [0.15, 0.2) is 11.6 Å². The molecule has 0 saturated heterocycles. The van der Waals surface area contributed by atoms with Crippen LogP contribution < -0.4 is 60.6 Å². The van der Waals surface area contributed by atoms with E-state index in [1.165, 1.54) is 39.4 Å². The van der Waals surface area contributed by atoms with E-state index in [4.69, 9.17) is 28.7 Å². The second-order valence-corrected chi connectivity index (χ2v) is 19.9. The van der Waals surface area contributed by atoms with Crippen molar-refractivity contribution >= 4 is 70.6 Å².